The highest BCUT2D eigenvalue weighted by Gasteiger charge is 2.19. The van der Waals surface area contributed by atoms with E-state index in [0.29, 0.717) is 22.8 Å². The molecule has 0 spiro atoms. The van der Waals surface area contributed by atoms with Crippen LogP contribution in [0.3, 0.4) is 0 Å². The van der Waals surface area contributed by atoms with Crippen LogP contribution in [-0.4, -0.2) is 18.9 Å². The minimum atomic E-state index is -0.484. The van der Waals surface area contributed by atoms with Crippen LogP contribution in [0.2, 0.25) is 5.02 Å². The fourth-order valence-corrected chi connectivity index (χ4v) is 2.61. The first-order valence-corrected chi connectivity index (χ1v) is 8.11. The third kappa shape index (κ3) is 4.25. The highest BCUT2D eigenvalue weighted by atomic mass is 35.5. The quantitative estimate of drug-likeness (QED) is 0.822. The fraction of sp³-hybridized carbons (Fsp3) is 0.158. The van der Waals surface area contributed by atoms with Crippen molar-refractivity contribution in [3.63, 3.8) is 0 Å². The van der Waals surface area contributed by atoms with E-state index in [-0.39, 0.29) is 17.4 Å². The maximum absolute atomic E-state index is 13.7. The molecule has 128 valence electrons. The molecule has 1 aliphatic heterocycles. The Labute approximate surface area is 150 Å². The molecular formula is C19H16ClFN2O2. The van der Waals surface area contributed by atoms with Crippen LogP contribution in [0.25, 0.3) is 6.08 Å². The van der Waals surface area contributed by atoms with E-state index in [2.05, 4.69) is 10.3 Å². The number of carbonyl (C=O) groups is 1. The Hall–Kier alpha value is -2.66. The summed E-state index contributed by atoms with van der Waals surface area (Å²) in [5.74, 6) is -0.0186. The number of carbonyl (C=O) groups excluding carboxylic acids is 1. The van der Waals surface area contributed by atoms with Crippen molar-refractivity contribution < 1.29 is 13.9 Å². The zero-order valence-corrected chi connectivity index (χ0v) is 14.3. The van der Waals surface area contributed by atoms with E-state index in [1.165, 1.54) is 19.2 Å². The standard InChI is InChI=1S/C19H16ClFN2O2/c1-25-17-8-4-13(10-15(17)21)11-16-19(24)23-18(22-16)9-5-12-2-6-14(20)7-3-12/h2-4,6-8,10-11H,5,9H2,1H3,(H,22,23,24)/b16-11+. The molecule has 6 heteroatoms. The number of aryl methyl sites for hydroxylation is 1. The van der Waals surface area contributed by atoms with E-state index in [1.807, 2.05) is 24.3 Å². The molecule has 0 bridgehead atoms. The molecule has 1 N–H and O–H groups in total. The predicted molar refractivity (Wildman–Crippen MR) is 96.3 cm³/mol. The van der Waals surface area contributed by atoms with E-state index < -0.39 is 5.82 Å². The molecule has 2 aromatic rings. The SMILES string of the molecule is COc1ccc(/C=C2/N=C(CCc3ccc(Cl)cc3)NC2=O)cc1F. The smallest absolute Gasteiger partial charge is 0.275 e. The van der Waals surface area contributed by atoms with Gasteiger partial charge in [0.25, 0.3) is 5.91 Å². The van der Waals surface area contributed by atoms with Crippen LogP contribution in [0.1, 0.15) is 17.5 Å². The molecule has 1 amide bonds. The number of rotatable bonds is 5. The highest BCUT2D eigenvalue weighted by Crippen LogP contribution is 2.21. The van der Waals surface area contributed by atoms with E-state index in [9.17, 15) is 9.18 Å². The summed E-state index contributed by atoms with van der Waals surface area (Å²) >= 11 is 5.86. The second-order valence-electron chi connectivity index (χ2n) is 5.56. The molecule has 1 heterocycles. The maximum atomic E-state index is 13.7. The van der Waals surface area contributed by atoms with Gasteiger partial charge in [0.05, 0.1) is 7.11 Å². The molecule has 0 fully saturated rings. The minimum Gasteiger partial charge on any atom is -0.494 e. The molecule has 0 aromatic heterocycles. The summed E-state index contributed by atoms with van der Waals surface area (Å²) in [7, 11) is 1.40. The van der Waals surface area contributed by atoms with Crippen LogP contribution in [0, 0.1) is 5.82 Å². The van der Waals surface area contributed by atoms with Crippen molar-refractivity contribution in [1.29, 1.82) is 0 Å². The van der Waals surface area contributed by atoms with Crippen LogP contribution >= 0.6 is 11.6 Å². The van der Waals surface area contributed by atoms with Gasteiger partial charge in [0, 0.05) is 11.4 Å². The molecule has 4 nitrogen and oxygen atoms in total. The Morgan fingerprint density at radius 1 is 1.20 bits per heavy atom. The van der Waals surface area contributed by atoms with Crippen molar-refractivity contribution in [1.82, 2.24) is 5.32 Å². The summed E-state index contributed by atoms with van der Waals surface area (Å²) in [6.07, 6.45) is 2.88. The van der Waals surface area contributed by atoms with Crippen molar-refractivity contribution >= 4 is 29.4 Å². The number of methoxy groups -OCH3 is 1. The third-order valence-corrected chi connectivity index (χ3v) is 4.04. The first kappa shape index (κ1) is 17.2. The molecule has 2 aromatic carbocycles. The average Bonchev–Trinajstić information content (AvgIpc) is 2.94. The summed E-state index contributed by atoms with van der Waals surface area (Å²) in [6, 6.07) is 12.0. The molecule has 0 saturated heterocycles. The van der Waals surface area contributed by atoms with Crippen molar-refractivity contribution in [3.05, 3.63) is 70.1 Å². The van der Waals surface area contributed by atoms with Gasteiger partial charge in [0.1, 0.15) is 11.5 Å². The van der Waals surface area contributed by atoms with Gasteiger partial charge in [-0.1, -0.05) is 29.8 Å². The van der Waals surface area contributed by atoms with Gasteiger partial charge in [-0.3, -0.25) is 4.79 Å². The van der Waals surface area contributed by atoms with Crippen molar-refractivity contribution in [2.24, 2.45) is 4.99 Å². The zero-order chi connectivity index (χ0) is 17.8. The van der Waals surface area contributed by atoms with Gasteiger partial charge in [-0.2, -0.15) is 0 Å². The topological polar surface area (TPSA) is 50.7 Å². The van der Waals surface area contributed by atoms with Crippen LogP contribution in [0.15, 0.2) is 53.2 Å². The number of nitrogens with one attached hydrogen (secondary N) is 1. The number of nitrogens with zero attached hydrogens (tertiary/aromatic N) is 1. The lowest BCUT2D eigenvalue weighted by Crippen LogP contribution is -2.24. The Morgan fingerprint density at radius 2 is 1.96 bits per heavy atom. The van der Waals surface area contributed by atoms with Crippen LogP contribution in [0.5, 0.6) is 5.75 Å². The molecule has 1 aliphatic rings. The van der Waals surface area contributed by atoms with E-state index in [1.54, 1.807) is 12.1 Å². The lowest BCUT2D eigenvalue weighted by atomic mass is 10.1. The van der Waals surface area contributed by atoms with E-state index in [4.69, 9.17) is 16.3 Å². The fourth-order valence-electron chi connectivity index (χ4n) is 2.48. The normalized spacial score (nSPS) is 15.2. The van der Waals surface area contributed by atoms with Crippen LogP contribution in [-0.2, 0) is 11.2 Å². The van der Waals surface area contributed by atoms with Gasteiger partial charge in [0.2, 0.25) is 0 Å². The summed E-state index contributed by atoms with van der Waals surface area (Å²) in [6.45, 7) is 0. The van der Waals surface area contributed by atoms with Gasteiger partial charge >= 0.3 is 0 Å². The van der Waals surface area contributed by atoms with E-state index >= 15 is 0 Å². The number of amides is 1. The largest absolute Gasteiger partial charge is 0.494 e. The lowest BCUT2D eigenvalue weighted by Gasteiger charge is -2.02. The third-order valence-electron chi connectivity index (χ3n) is 3.79. The van der Waals surface area contributed by atoms with Gasteiger partial charge < -0.3 is 10.1 Å². The summed E-state index contributed by atoms with van der Waals surface area (Å²) < 4.78 is 18.6. The lowest BCUT2D eigenvalue weighted by molar-refractivity contribution is -0.115. The molecule has 0 saturated carbocycles. The van der Waals surface area contributed by atoms with Gasteiger partial charge in [-0.15, -0.1) is 0 Å². The summed E-state index contributed by atoms with van der Waals surface area (Å²) in [4.78, 5) is 16.3. The van der Waals surface area contributed by atoms with Crippen molar-refractivity contribution in [2.75, 3.05) is 7.11 Å². The molecule has 25 heavy (non-hydrogen) atoms. The number of halogens is 2. The number of benzene rings is 2. The first-order valence-electron chi connectivity index (χ1n) is 7.74. The second kappa shape index (κ2) is 7.49. The van der Waals surface area contributed by atoms with Gasteiger partial charge in [0.15, 0.2) is 11.6 Å². The molecule has 3 rings (SSSR count). The monoisotopic (exact) mass is 358 g/mol. The maximum Gasteiger partial charge on any atom is 0.275 e. The van der Waals surface area contributed by atoms with Crippen molar-refractivity contribution in [3.8, 4) is 5.75 Å². The Morgan fingerprint density at radius 3 is 2.64 bits per heavy atom. The van der Waals surface area contributed by atoms with E-state index in [0.717, 1.165) is 12.0 Å². The number of amidine groups is 1. The highest BCUT2D eigenvalue weighted by molar-refractivity contribution is 6.30. The molecular weight excluding hydrogens is 343 g/mol. The Balaban J connectivity index is 1.71. The molecule has 0 radical (unpaired) electrons. The van der Waals surface area contributed by atoms with Gasteiger partial charge in [-0.05, 0) is 47.9 Å². The van der Waals surface area contributed by atoms with Crippen LogP contribution in [0.4, 0.5) is 4.39 Å². The molecule has 0 atom stereocenters. The van der Waals surface area contributed by atoms with Gasteiger partial charge in [-0.25, -0.2) is 9.38 Å². The number of hydrogen-bond acceptors (Lipinski definition) is 3. The first-order chi connectivity index (χ1) is 12.0. The Kier molecular flexibility index (Phi) is 5.14. The number of hydrogen-bond donors (Lipinski definition) is 1. The summed E-state index contributed by atoms with van der Waals surface area (Å²) in [5.41, 5.74) is 1.91. The number of aliphatic imine (C=N–C) groups is 1. The Bertz CT molecular complexity index is 860. The predicted octanol–water partition coefficient (Wildman–Crippen LogP) is 3.99. The number of ether oxygens (including phenoxy) is 1. The molecule has 0 aliphatic carbocycles. The second-order valence-corrected chi connectivity index (χ2v) is 6.00. The minimum absolute atomic E-state index is 0.158. The van der Waals surface area contributed by atoms with Crippen molar-refractivity contribution in [2.45, 2.75) is 12.8 Å². The summed E-state index contributed by atoms with van der Waals surface area (Å²) in [5, 5.41) is 3.43. The average molecular weight is 359 g/mol. The zero-order valence-electron chi connectivity index (χ0n) is 13.6. The molecule has 0 unspecified atom stereocenters. The van der Waals surface area contributed by atoms with Crippen LogP contribution < -0.4 is 10.1 Å².